The summed E-state index contributed by atoms with van der Waals surface area (Å²) < 4.78 is 25.8. The molecule has 0 bridgehead atoms. The lowest BCUT2D eigenvalue weighted by atomic mass is 9.78. The van der Waals surface area contributed by atoms with Gasteiger partial charge in [0, 0.05) is 11.1 Å². The summed E-state index contributed by atoms with van der Waals surface area (Å²) in [5.41, 5.74) is 1.50. The second-order valence-corrected chi connectivity index (χ2v) is 12.8. The molecule has 0 radical (unpaired) electrons. The molecular formula is C25H37NO3S. The molecule has 0 atom stereocenters. The van der Waals surface area contributed by atoms with Crippen molar-refractivity contribution in [3.05, 3.63) is 33.7 Å². The molecule has 1 aromatic carbocycles. The molecule has 1 saturated carbocycles. The first kappa shape index (κ1) is 24.5. The highest BCUT2D eigenvalue weighted by Crippen LogP contribution is 2.40. The van der Waals surface area contributed by atoms with Crippen LogP contribution in [0, 0.1) is 17.2 Å². The van der Waals surface area contributed by atoms with Gasteiger partial charge in [-0.1, -0.05) is 73.6 Å². The third-order valence-electron chi connectivity index (χ3n) is 6.01. The lowest BCUT2D eigenvalue weighted by Crippen LogP contribution is -2.17. The molecule has 0 heterocycles. The number of phenolic OH excluding ortho intramolecular Hbond substituents is 1. The number of allylic oxidation sites excluding steroid dienone is 1. The van der Waals surface area contributed by atoms with E-state index in [4.69, 9.17) is 0 Å². The normalized spacial score (nSPS) is 17.0. The van der Waals surface area contributed by atoms with E-state index >= 15 is 0 Å². The Morgan fingerprint density at radius 3 is 2.00 bits per heavy atom. The Balaban J connectivity index is 2.43. The molecule has 166 valence electrons. The number of benzene rings is 1. The van der Waals surface area contributed by atoms with Crippen molar-refractivity contribution >= 4 is 15.9 Å². The van der Waals surface area contributed by atoms with E-state index in [1.807, 2.05) is 47.6 Å². The zero-order valence-electron chi connectivity index (χ0n) is 19.4. The van der Waals surface area contributed by atoms with Crippen molar-refractivity contribution in [1.82, 2.24) is 0 Å². The highest BCUT2D eigenvalue weighted by atomic mass is 32.2. The molecule has 5 heteroatoms. The van der Waals surface area contributed by atoms with E-state index in [0.717, 1.165) is 24.0 Å². The van der Waals surface area contributed by atoms with Gasteiger partial charge in [0.15, 0.2) is 9.84 Å². The number of nitrogens with zero attached hydrogens (tertiary/aromatic N) is 1. The molecule has 1 aromatic rings. The summed E-state index contributed by atoms with van der Waals surface area (Å²) in [7, 11) is -3.64. The molecule has 1 aliphatic rings. The molecule has 0 amide bonds. The SMILES string of the molecule is CC(C)(C)c1cc(/C=C(\C#N)S(=O)(=O)CCC2CCCCC2)cc(C(C)(C)C)c1O. The number of nitriles is 1. The van der Waals surface area contributed by atoms with Gasteiger partial charge in [0.05, 0.1) is 5.75 Å². The standard InChI is InChI=1S/C25H37NO3S/c1-24(2,3)21-15-19(16-22(23(21)27)25(4,5)6)14-20(17-26)30(28,29)13-12-18-10-8-7-9-11-18/h14-16,18,27H,7-13H2,1-6H3/b20-14+. The number of phenols is 1. The van der Waals surface area contributed by atoms with Crippen LogP contribution in [0.5, 0.6) is 5.75 Å². The van der Waals surface area contributed by atoms with E-state index in [1.54, 1.807) is 12.1 Å². The fraction of sp³-hybridized carbons (Fsp3) is 0.640. The van der Waals surface area contributed by atoms with Crippen LogP contribution in [0.4, 0.5) is 0 Å². The van der Waals surface area contributed by atoms with Crippen molar-refractivity contribution in [2.75, 3.05) is 5.75 Å². The molecule has 0 spiro atoms. The lowest BCUT2D eigenvalue weighted by molar-refractivity contribution is 0.350. The minimum atomic E-state index is -3.64. The minimum Gasteiger partial charge on any atom is -0.507 e. The summed E-state index contributed by atoms with van der Waals surface area (Å²) in [6, 6.07) is 5.53. The first-order valence-electron chi connectivity index (χ1n) is 11.0. The van der Waals surface area contributed by atoms with Crippen LogP contribution in [0.3, 0.4) is 0 Å². The van der Waals surface area contributed by atoms with Crippen molar-refractivity contribution in [3.63, 3.8) is 0 Å². The van der Waals surface area contributed by atoms with Gasteiger partial charge < -0.3 is 5.11 Å². The molecule has 0 unspecified atom stereocenters. The quantitative estimate of drug-likeness (QED) is 0.560. The highest BCUT2D eigenvalue weighted by Gasteiger charge is 2.27. The first-order valence-corrected chi connectivity index (χ1v) is 12.6. The summed E-state index contributed by atoms with van der Waals surface area (Å²) >= 11 is 0. The molecule has 2 rings (SSSR count). The van der Waals surface area contributed by atoms with Crippen LogP contribution < -0.4 is 0 Å². The summed E-state index contributed by atoms with van der Waals surface area (Å²) in [4.78, 5) is -0.191. The summed E-state index contributed by atoms with van der Waals surface area (Å²) in [6.07, 6.45) is 7.85. The molecule has 1 fully saturated rings. The summed E-state index contributed by atoms with van der Waals surface area (Å²) in [5.74, 6) is 0.709. The highest BCUT2D eigenvalue weighted by molar-refractivity contribution is 7.95. The van der Waals surface area contributed by atoms with Crippen molar-refractivity contribution in [1.29, 1.82) is 5.26 Å². The summed E-state index contributed by atoms with van der Waals surface area (Å²) in [6.45, 7) is 12.0. The Morgan fingerprint density at radius 2 is 1.57 bits per heavy atom. The Hall–Kier alpha value is -1.80. The zero-order valence-corrected chi connectivity index (χ0v) is 20.2. The van der Waals surface area contributed by atoms with Crippen molar-refractivity contribution in [2.24, 2.45) is 5.92 Å². The van der Waals surface area contributed by atoms with Gasteiger partial charge in [-0.2, -0.15) is 5.26 Å². The Kier molecular flexibility index (Phi) is 7.45. The molecule has 1 aliphatic carbocycles. The van der Waals surface area contributed by atoms with Gasteiger partial charge in [-0.15, -0.1) is 0 Å². The molecular weight excluding hydrogens is 394 g/mol. The van der Waals surface area contributed by atoms with E-state index in [0.29, 0.717) is 17.9 Å². The van der Waals surface area contributed by atoms with Crippen LogP contribution >= 0.6 is 0 Å². The van der Waals surface area contributed by atoms with Crippen LogP contribution in [-0.4, -0.2) is 19.3 Å². The second-order valence-electron chi connectivity index (χ2n) is 10.7. The van der Waals surface area contributed by atoms with Gasteiger partial charge >= 0.3 is 0 Å². The van der Waals surface area contributed by atoms with E-state index in [2.05, 4.69) is 0 Å². The number of hydrogen-bond donors (Lipinski definition) is 1. The van der Waals surface area contributed by atoms with Crippen LogP contribution in [0.15, 0.2) is 17.0 Å². The van der Waals surface area contributed by atoms with E-state index in [1.165, 1.54) is 25.3 Å². The molecule has 30 heavy (non-hydrogen) atoms. The average Bonchev–Trinajstić information content (AvgIpc) is 2.64. The maximum absolute atomic E-state index is 12.9. The van der Waals surface area contributed by atoms with E-state index in [9.17, 15) is 18.8 Å². The predicted octanol–water partition coefficient (Wildman–Crippen LogP) is 6.24. The second kappa shape index (κ2) is 9.14. The minimum absolute atomic E-state index is 0.0212. The molecule has 0 saturated heterocycles. The van der Waals surface area contributed by atoms with Gasteiger partial charge in [-0.05, 0) is 46.9 Å². The van der Waals surface area contributed by atoms with Crippen LogP contribution in [0.1, 0.15) is 96.8 Å². The van der Waals surface area contributed by atoms with Crippen LogP contribution in [0.25, 0.3) is 6.08 Å². The maximum atomic E-state index is 12.9. The number of sulfone groups is 1. The Labute approximate surface area is 182 Å². The molecule has 1 N–H and O–H groups in total. The maximum Gasteiger partial charge on any atom is 0.188 e. The smallest absolute Gasteiger partial charge is 0.188 e. The van der Waals surface area contributed by atoms with Gasteiger partial charge in [-0.3, -0.25) is 0 Å². The lowest BCUT2D eigenvalue weighted by Gasteiger charge is -2.28. The summed E-state index contributed by atoms with van der Waals surface area (Å²) in [5, 5.41) is 20.5. The van der Waals surface area contributed by atoms with E-state index in [-0.39, 0.29) is 27.2 Å². The third kappa shape index (κ3) is 6.11. The topological polar surface area (TPSA) is 78.2 Å². The van der Waals surface area contributed by atoms with Crippen molar-refractivity contribution < 1.29 is 13.5 Å². The monoisotopic (exact) mass is 431 g/mol. The van der Waals surface area contributed by atoms with Crippen LogP contribution in [-0.2, 0) is 20.7 Å². The largest absolute Gasteiger partial charge is 0.507 e. The fourth-order valence-electron chi connectivity index (χ4n) is 4.13. The predicted molar refractivity (Wildman–Crippen MR) is 124 cm³/mol. The molecule has 0 aliphatic heterocycles. The first-order chi connectivity index (χ1) is 13.8. The molecule has 4 nitrogen and oxygen atoms in total. The van der Waals surface area contributed by atoms with Gasteiger partial charge in [0.2, 0.25) is 0 Å². The van der Waals surface area contributed by atoms with Gasteiger partial charge in [-0.25, -0.2) is 8.42 Å². The van der Waals surface area contributed by atoms with Crippen molar-refractivity contribution in [2.45, 2.75) is 90.9 Å². The fourth-order valence-corrected chi connectivity index (χ4v) is 5.45. The van der Waals surface area contributed by atoms with Crippen molar-refractivity contribution in [3.8, 4) is 11.8 Å². The number of rotatable bonds is 5. The third-order valence-corrected chi connectivity index (χ3v) is 7.66. The van der Waals surface area contributed by atoms with E-state index < -0.39 is 9.84 Å². The number of aromatic hydroxyl groups is 1. The average molecular weight is 432 g/mol. The number of hydrogen-bond acceptors (Lipinski definition) is 4. The van der Waals surface area contributed by atoms with Gasteiger partial charge in [0.25, 0.3) is 0 Å². The Morgan fingerprint density at radius 1 is 1.07 bits per heavy atom. The van der Waals surface area contributed by atoms with Gasteiger partial charge in [0.1, 0.15) is 16.7 Å². The zero-order chi connectivity index (χ0) is 22.7. The molecule has 0 aromatic heterocycles. The Bertz CT molecular complexity index is 897. The van der Waals surface area contributed by atoms with Crippen LogP contribution in [0.2, 0.25) is 0 Å².